The van der Waals surface area contributed by atoms with Crippen LogP contribution in [0, 0.1) is 0 Å². The van der Waals surface area contributed by atoms with Gasteiger partial charge in [0, 0.05) is 24.3 Å². The van der Waals surface area contributed by atoms with Crippen LogP contribution >= 0.6 is 0 Å². The van der Waals surface area contributed by atoms with Crippen LogP contribution < -0.4 is 16.0 Å². The minimum atomic E-state index is -0.134. The molecular weight excluding hydrogens is 266 g/mol. The zero-order chi connectivity index (χ0) is 15.1. The van der Waals surface area contributed by atoms with Gasteiger partial charge in [0.05, 0.1) is 6.54 Å². The summed E-state index contributed by atoms with van der Waals surface area (Å²) in [5, 5.41) is 8.70. The standard InChI is InChI=1S/C16H23N3O2/c1-17-16(21)12-6-5-9-14(10-12)18-11-15(20)19-13-7-3-2-4-8-13/h5-6,9-10,13,18H,2-4,7-8,11H2,1H3,(H,17,21)(H,19,20). The van der Waals surface area contributed by atoms with Crippen molar-refractivity contribution in [2.75, 3.05) is 18.9 Å². The van der Waals surface area contributed by atoms with Gasteiger partial charge < -0.3 is 16.0 Å². The molecule has 0 heterocycles. The number of amides is 2. The number of carbonyl (C=O) groups is 2. The molecular formula is C16H23N3O2. The Bertz CT molecular complexity index is 496. The van der Waals surface area contributed by atoms with E-state index in [1.54, 1.807) is 25.2 Å². The van der Waals surface area contributed by atoms with Crippen LogP contribution in [-0.2, 0) is 4.79 Å². The minimum absolute atomic E-state index is 0.00671. The summed E-state index contributed by atoms with van der Waals surface area (Å²) in [6, 6.07) is 7.45. The summed E-state index contributed by atoms with van der Waals surface area (Å²) in [4.78, 5) is 23.5. The second-order valence-corrected chi connectivity index (χ2v) is 5.42. The molecule has 1 aliphatic rings. The van der Waals surface area contributed by atoms with E-state index in [-0.39, 0.29) is 18.4 Å². The summed E-state index contributed by atoms with van der Waals surface area (Å²) in [7, 11) is 1.60. The molecule has 0 saturated heterocycles. The molecule has 1 fully saturated rings. The Kier molecular flexibility index (Phi) is 5.60. The van der Waals surface area contributed by atoms with E-state index in [1.165, 1.54) is 19.3 Å². The number of rotatable bonds is 5. The van der Waals surface area contributed by atoms with Gasteiger partial charge in [-0.15, -0.1) is 0 Å². The highest BCUT2D eigenvalue weighted by atomic mass is 16.2. The van der Waals surface area contributed by atoms with Crippen LogP contribution in [0.2, 0.25) is 0 Å². The molecule has 0 aromatic heterocycles. The highest BCUT2D eigenvalue weighted by Gasteiger charge is 2.15. The lowest BCUT2D eigenvalue weighted by molar-refractivity contribution is -0.120. The molecule has 3 N–H and O–H groups in total. The van der Waals surface area contributed by atoms with Crippen molar-refractivity contribution in [3.63, 3.8) is 0 Å². The third-order valence-corrected chi connectivity index (χ3v) is 3.78. The predicted octanol–water partition coefficient (Wildman–Crippen LogP) is 1.91. The molecule has 2 amide bonds. The Balaban J connectivity index is 1.81. The van der Waals surface area contributed by atoms with Crippen LogP contribution in [0.25, 0.3) is 0 Å². The molecule has 0 unspecified atom stereocenters. The summed E-state index contributed by atoms with van der Waals surface area (Å²) in [6.07, 6.45) is 5.84. The molecule has 0 bridgehead atoms. The van der Waals surface area contributed by atoms with Crippen molar-refractivity contribution < 1.29 is 9.59 Å². The van der Waals surface area contributed by atoms with E-state index in [0.717, 1.165) is 18.5 Å². The molecule has 1 saturated carbocycles. The largest absolute Gasteiger partial charge is 0.376 e. The topological polar surface area (TPSA) is 70.2 Å². The monoisotopic (exact) mass is 289 g/mol. The molecule has 5 nitrogen and oxygen atoms in total. The molecule has 21 heavy (non-hydrogen) atoms. The first-order chi connectivity index (χ1) is 10.2. The maximum absolute atomic E-state index is 11.9. The van der Waals surface area contributed by atoms with E-state index >= 15 is 0 Å². The molecule has 0 radical (unpaired) electrons. The minimum Gasteiger partial charge on any atom is -0.376 e. The van der Waals surface area contributed by atoms with Crippen LogP contribution in [0.15, 0.2) is 24.3 Å². The van der Waals surface area contributed by atoms with Crippen molar-refractivity contribution >= 4 is 17.5 Å². The number of nitrogens with one attached hydrogen (secondary N) is 3. The fraction of sp³-hybridized carbons (Fsp3) is 0.500. The first kappa shape index (κ1) is 15.4. The van der Waals surface area contributed by atoms with Gasteiger partial charge in [-0.25, -0.2) is 0 Å². The smallest absolute Gasteiger partial charge is 0.251 e. The summed E-state index contributed by atoms with van der Waals surface area (Å²) in [5.74, 6) is -0.127. The second kappa shape index (κ2) is 7.67. The van der Waals surface area contributed by atoms with Gasteiger partial charge in [-0.2, -0.15) is 0 Å². The average molecular weight is 289 g/mol. The van der Waals surface area contributed by atoms with Crippen molar-refractivity contribution in [1.82, 2.24) is 10.6 Å². The van der Waals surface area contributed by atoms with E-state index in [2.05, 4.69) is 16.0 Å². The quantitative estimate of drug-likeness (QED) is 0.775. The van der Waals surface area contributed by atoms with Gasteiger partial charge in [-0.05, 0) is 31.0 Å². The summed E-state index contributed by atoms with van der Waals surface area (Å²) >= 11 is 0. The average Bonchev–Trinajstić information content (AvgIpc) is 2.53. The Hall–Kier alpha value is -2.04. The van der Waals surface area contributed by atoms with E-state index in [9.17, 15) is 9.59 Å². The first-order valence-electron chi connectivity index (χ1n) is 7.54. The molecule has 0 spiro atoms. The normalized spacial score (nSPS) is 15.3. The molecule has 0 atom stereocenters. The summed E-state index contributed by atoms with van der Waals surface area (Å²) in [6.45, 7) is 0.230. The molecule has 1 aliphatic carbocycles. The lowest BCUT2D eigenvalue weighted by atomic mass is 9.95. The molecule has 2 rings (SSSR count). The fourth-order valence-corrected chi connectivity index (χ4v) is 2.62. The van der Waals surface area contributed by atoms with Gasteiger partial charge in [-0.1, -0.05) is 25.3 Å². The van der Waals surface area contributed by atoms with Gasteiger partial charge >= 0.3 is 0 Å². The van der Waals surface area contributed by atoms with E-state index in [4.69, 9.17) is 0 Å². The zero-order valence-corrected chi connectivity index (χ0v) is 12.4. The van der Waals surface area contributed by atoms with E-state index < -0.39 is 0 Å². The molecule has 1 aromatic carbocycles. The van der Waals surface area contributed by atoms with Crippen LogP contribution in [0.3, 0.4) is 0 Å². The van der Waals surface area contributed by atoms with Crippen molar-refractivity contribution in [3.05, 3.63) is 29.8 Å². The maximum Gasteiger partial charge on any atom is 0.251 e. The third-order valence-electron chi connectivity index (χ3n) is 3.78. The van der Waals surface area contributed by atoms with Gasteiger partial charge in [0.15, 0.2) is 0 Å². The fourth-order valence-electron chi connectivity index (χ4n) is 2.62. The van der Waals surface area contributed by atoms with Crippen molar-refractivity contribution in [2.45, 2.75) is 38.1 Å². The number of hydrogen-bond acceptors (Lipinski definition) is 3. The van der Waals surface area contributed by atoms with Crippen LogP contribution in [0.5, 0.6) is 0 Å². The van der Waals surface area contributed by atoms with E-state index in [1.807, 2.05) is 6.07 Å². The Morgan fingerprint density at radius 1 is 1.19 bits per heavy atom. The number of anilines is 1. The lowest BCUT2D eigenvalue weighted by Gasteiger charge is -2.22. The molecule has 5 heteroatoms. The SMILES string of the molecule is CNC(=O)c1cccc(NCC(=O)NC2CCCCC2)c1. The van der Waals surface area contributed by atoms with Crippen molar-refractivity contribution in [3.8, 4) is 0 Å². The highest BCUT2D eigenvalue weighted by molar-refractivity contribution is 5.95. The van der Waals surface area contributed by atoms with Crippen LogP contribution in [0.4, 0.5) is 5.69 Å². The van der Waals surface area contributed by atoms with Gasteiger partial charge in [0.1, 0.15) is 0 Å². The molecule has 0 aliphatic heterocycles. The highest BCUT2D eigenvalue weighted by Crippen LogP contribution is 2.17. The summed E-state index contributed by atoms with van der Waals surface area (Å²) in [5.41, 5.74) is 1.35. The second-order valence-electron chi connectivity index (χ2n) is 5.42. The van der Waals surface area contributed by atoms with Crippen LogP contribution in [-0.4, -0.2) is 31.4 Å². The van der Waals surface area contributed by atoms with Crippen molar-refractivity contribution in [2.24, 2.45) is 0 Å². The maximum atomic E-state index is 11.9. The van der Waals surface area contributed by atoms with Crippen LogP contribution in [0.1, 0.15) is 42.5 Å². The lowest BCUT2D eigenvalue weighted by Crippen LogP contribution is -2.39. The van der Waals surface area contributed by atoms with Crippen molar-refractivity contribution in [1.29, 1.82) is 0 Å². The zero-order valence-electron chi connectivity index (χ0n) is 12.4. The molecule has 114 valence electrons. The van der Waals surface area contributed by atoms with E-state index in [0.29, 0.717) is 11.6 Å². The number of hydrogen-bond donors (Lipinski definition) is 3. The van der Waals surface area contributed by atoms with Gasteiger partial charge in [0.25, 0.3) is 5.91 Å². The first-order valence-corrected chi connectivity index (χ1v) is 7.54. The third kappa shape index (κ3) is 4.77. The Morgan fingerprint density at radius 3 is 2.67 bits per heavy atom. The Morgan fingerprint density at radius 2 is 1.95 bits per heavy atom. The number of benzene rings is 1. The predicted molar refractivity (Wildman–Crippen MR) is 83.3 cm³/mol. The van der Waals surface area contributed by atoms with Gasteiger partial charge in [0.2, 0.25) is 5.91 Å². The number of carbonyl (C=O) groups excluding carboxylic acids is 2. The van der Waals surface area contributed by atoms with Gasteiger partial charge in [-0.3, -0.25) is 9.59 Å². The molecule has 1 aromatic rings. The Labute approximate surface area is 125 Å². The summed E-state index contributed by atoms with van der Waals surface area (Å²) < 4.78 is 0.